The minimum atomic E-state index is -1.92. The summed E-state index contributed by atoms with van der Waals surface area (Å²) in [5, 5.41) is 0. The fourth-order valence-electron chi connectivity index (χ4n) is 1.14. The van der Waals surface area contributed by atoms with Crippen molar-refractivity contribution in [1.29, 1.82) is 0 Å². The Labute approximate surface area is 113 Å². The average Bonchev–Trinajstić information content (AvgIpc) is 2.31. The Balaban J connectivity index is 0.000000280. The van der Waals surface area contributed by atoms with Crippen LogP contribution in [-0.4, -0.2) is 4.98 Å². The minimum Gasteiger partial charge on any atom is -0.256 e. The third-order valence-electron chi connectivity index (χ3n) is 1.73. The van der Waals surface area contributed by atoms with Gasteiger partial charge in [0.2, 0.25) is 0 Å². The molecule has 0 atom stereocenters. The van der Waals surface area contributed by atoms with Crippen molar-refractivity contribution in [1.82, 2.24) is 4.98 Å². The third kappa shape index (κ3) is 5.83. The van der Waals surface area contributed by atoms with E-state index in [4.69, 9.17) is 28.8 Å². The van der Waals surface area contributed by atoms with Gasteiger partial charge in [0.05, 0.1) is 5.69 Å². The zero-order valence-electron chi connectivity index (χ0n) is 8.11. The van der Waals surface area contributed by atoms with Gasteiger partial charge < -0.3 is 0 Å². The molecular formula is C11H9Cl3IrN. The summed E-state index contributed by atoms with van der Waals surface area (Å²) >= 11 is -1.92. The minimum absolute atomic E-state index is 1.03. The Morgan fingerprint density at radius 3 is 1.88 bits per heavy atom. The maximum absolute atomic E-state index is 4.97. The first-order valence-electron chi connectivity index (χ1n) is 4.31. The first-order chi connectivity index (χ1) is 7.70. The predicted octanol–water partition coefficient (Wildman–Crippen LogP) is 4.81. The van der Waals surface area contributed by atoms with Gasteiger partial charge in [0.25, 0.3) is 0 Å². The van der Waals surface area contributed by atoms with E-state index >= 15 is 0 Å². The molecule has 2 rings (SSSR count). The molecule has 1 aromatic heterocycles. The van der Waals surface area contributed by atoms with Gasteiger partial charge in [-0.2, -0.15) is 0 Å². The molecule has 0 saturated heterocycles. The molecule has 1 nitrogen and oxygen atoms in total. The van der Waals surface area contributed by atoms with Gasteiger partial charge in [-0.15, -0.1) is 0 Å². The third-order valence-corrected chi connectivity index (χ3v) is 1.73. The first kappa shape index (κ1) is 14.0. The summed E-state index contributed by atoms with van der Waals surface area (Å²) < 4.78 is 0. The summed E-state index contributed by atoms with van der Waals surface area (Å²) in [6, 6.07) is 16.1. The van der Waals surface area contributed by atoms with Gasteiger partial charge >= 0.3 is 42.2 Å². The number of aromatic nitrogens is 1. The summed E-state index contributed by atoms with van der Waals surface area (Å²) in [7, 11) is 14.9. The fraction of sp³-hybridized carbons (Fsp3) is 0. The van der Waals surface area contributed by atoms with Crippen molar-refractivity contribution < 1.29 is 13.5 Å². The molecule has 16 heavy (non-hydrogen) atoms. The second kappa shape index (κ2) is 8.05. The van der Waals surface area contributed by atoms with E-state index in [0.29, 0.717) is 0 Å². The first-order valence-corrected chi connectivity index (χ1v) is 13.2. The van der Waals surface area contributed by atoms with E-state index in [2.05, 4.69) is 17.1 Å². The molecule has 0 aliphatic rings. The summed E-state index contributed by atoms with van der Waals surface area (Å²) in [5.41, 5.74) is 2.19. The second-order valence-corrected chi connectivity index (χ2v) is 13.1. The predicted molar refractivity (Wildman–Crippen MR) is 67.2 cm³/mol. The molecule has 0 bridgehead atoms. The van der Waals surface area contributed by atoms with Crippen molar-refractivity contribution in [3.8, 4) is 11.3 Å². The molecule has 1 heterocycles. The molecular weight excluding hydrogens is 445 g/mol. The Morgan fingerprint density at radius 2 is 1.38 bits per heavy atom. The molecule has 0 amide bonds. The Bertz CT molecular complexity index is 354. The van der Waals surface area contributed by atoms with Crippen LogP contribution < -0.4 is 0 Å². The molecule has 2 aromatic rings. The summed E-state index contributed by atoms with van der Waals surface area (Å²) in [6.07, 6.45) is 1.81. The maximum atomic E-state index is 4.97. The number of pyridine rings is 1. The van der Waals surface area contributed by atoms with E-state index in [9.17, 15) is 0 Å². The number of nitrogens with zero attached hydrogens (tertiary/aromatic N) is 1. The van der Waals surface area contributed by atoms with Gasteiger partial charge in [0.1, 0.15) is 0 Å². The molecule has 0 fully saturated rings. The van der Waals surface area contributed by atoms with Crippen LogP contribution in [0.15, 0.2) is 54.7 Å². The number of halogens is 3. The van der Waals surface area contributed by atoms with Crippen molar-refractivity contribution in [2.75, 3.05) is 0 Å². The zero-order valence-corrected chi connectivity index (χ0v) is 12.8. The molecule has 0 saturated carbocycles. The van der Waals surface area contributed by atoms with Gasteiger partial charge in [-0.3, -0.25) is 4.98 Å². The monoisotopic (exact) mass is 453 g/mol. The van der Waals surface area contributed by atoms with Crippen LogP contribution in [0, 0.1) is 0 Å². The average molecular weight is 454 g/mol. The van der Waals surface area contributed by atoms with E-state index in [1.807, 2.05) is 42.6 Å². The van der Waals surface area contributed by atoms with Crippen LogP contribution in [0.2, 0.25) is 0 Å². The quantitative estimate of drug-likeness (QED) is 0.603. The van der Waals surface area contributed by atoms with E-state index in [-0.39, 0.29) is 0 Å². The molecule has 0 N–H and O–H groups in total. The van der Waals surface area contributed by atoms with Gasteiger partial charge in [0.15, 0.2) is 0 Å². The molecule has 0 spiro atoms. The summed E-state index contributed by atoms with van der Waals surface area (Å²) in [5.74, 6) is 0. The Hall–Kier alpha value is -0.111. The molecule has 0 aliphatic heterocycles. The van der Waals surface area contributed by atoms with Crippen molar-refractivity contribution >= 4 is 28.8 Å². The van der Waals surface area contributed by atoms with Gasteiger partial charge in [-0.25, -0.2) is 0 Å². The Morgan fingerprint density at radius 1 is 0.812 bits per heavy atom. The van der Waals surface area contributed by atoms with E-state index < -0.39 is 13.5 Å². The number of rotatable bonds is 1. The van der Waals surface area contributed by atoms with Crippen LogP contribution in [0.3, 0.4) is 0 Å². The largest absolute Gasteiger partial charge is 0.256 e. The van der Waals surface area contributed by atoms with E-state index in [0.717, 1.165) is 11.3 Å². The standard InChI is InChI=1S/C11H9N.3ClH.Ir/c1-2-6-10(7-3-1)11-8-4-5-9-12-11;;;;/h1-9H;3*1H;/q;;;;+3/p-3. The van der Waals surface area contributed by atoms with Crippen molar-refractivity contribution in [3.63, 3.8) is 0 Å². The second-order valence-electron chi connectivity index (χ2n) is 2.72. The van der Waals surface area contributed by atoms with Crippen LogP contribution in [-0.2, 0) is 13.5 Å². The van der Waals surface area contributed by atoms with Crippen LogP contribution in [0.25, 0.3) is 11.3 Å². The molecule has 0 radical (unpaired) electrons. The molecule has 5 heteroatoms. The number of hydrogen-bond donors (Lipinski definition) is 0. The van der Waals surface area contributed by atoms with Crippen molar-refractivity contribution in [2.45, 2.75) is 0 Å². The van der Waals surface area contributed by atoms with E-state index in [1.165, 1.54) is 0 Å². The van der Waals surface area contributed by atoms with Crippen LogP contribution in [0.5, 0.6) is 0 Å². The smallest absolute Gasteiger partial charge is 0.0701 e. The maximum Gasteiger partial charge on any atom is 0.0701 e. The topological polar surface area (TPSA) is 12.9 Å². The van der Waals surface area contributed by atoms with E-state index in [1.54, 1.807) is 0 Å². The number of benzene rings is 1. The fourth-order valence-corrected chi connectivity index (χ4v) is 1.14. The van der Waals surface area contributed by atoms with Gasteiger partial charge in [0, 0.05) is 11.8 Å². The number of hydrogen-bond acceptors (Lipinski definition) is 1. The van der Waals surface area contributed by atoms with Crippen molar-refractivity contribution in [3.05, 3.63) is 54.7 Å². The molecule has 88 valence electrons. The van der Waals surface area contributed by atoms with Crippen LogP contribution >= 0.6 is 28.8 Å². The molecule has 0 aliphatic carbocycles. The van der Waals surface area contributed by atoms with Crippen LogP contribution in [0.1, 0.15) is 0 Å². The van der Waals surface area contributed by atoms with Crippen molar-refractivity contribution in [2.24, 2.45) is 0 Å². The molecule has 0 unspecified atom stereocenters. The van der Waals surface area contributed by atoms with Crippen LogP contribution in [0.4, 0.5) is 0 Å². The molecule has 1 aromatic carbocycles. The van der Waals surface area contributed by atoms with Gasteiger partial charge in [-0.05, 0) is 12.1 Å². The zero-order chi connectivity index (χ0) is 11.8. The van der Waals surface area contributed by atoms with Gasteiger partial charge in [-0.1, -0.05) is 36.4 Å². The Kier molecular flexibility index (Phi) is 7.02. The summed E-state index contributed by atoms with van der Waals surface area (Å²) in [4.78, 5) is 4.25. The normalized spacial score (nSPS) is 10.1. The SMILES string of the molecule is [Cl][Ir]([Cl])[Cl].c1ccc(-c2ccccn2)cc1. The summed E-state index contributed by atoms with van der Waals surface area (Å²) in [6.45, 7) is 0.